The van der Waals surface area contributed by atoms with Crippen molar-refractivity contribution in [3.05, 3.63) is 87.0 Å². The first-order valence-electron chi connectivity index (χ1n) is 12.6. The minimum absolute atomic E-state index is 0.00786. The van der Waals surface area contributed by atoms with E-state index in [1.54, 1.807) is 31.2 Å². The van der Waals surface area contributed by atoms with Gasteiger partial charge in [0.1, 0.15) is 11.5 Å². The topological polar surface area (TPSA) is 167 Å². The Morgan fingerprint density at radius 1 is 0.707 bits per heavy atom. The van der Waals surface area contributed by atoms with Gasteiger partial charge in [-0.05, 0) is 81.1 Å². The lowest BCUT2D eigenvalue weighted by Crippen LogP contribution is -2.12. The van der Waals surface area contributed by atoms with Gasteiger partial charge in [-0.25, -0.2) is 0 Å². The van der Waals surface area contributed by atoms with Crippen molar-refractivity contribution in [2.24, 2.45) is 0 Å². The molecule has 0 spiro atoms. The lowest BCUT2D eigenvalue weighted by atomic mass is 9.99. The fourth-order valence-corrected chi connectivity index (χ4v) is 4.42. The van der Waals surface area contributed by atoms with Crippen LogP contribution in [0.2, 0.25) is 0 Å². The molecule has 2 aliphatic rings. The molecule has 0 radical (unpaired) electrons. The maximum absolute atomic E-state index is 11.3. The fraction of sp³-hybridized carbons (Fsp3) is 0.226. The molecule has 0 saturated carbocycles. The number of anilines is 2. The molecule has 212 valence electrons. The number of aromatic hydroxyl groups is 1. The van der Waals surface area contributed by atoms with Crippen molar-refractivity contribution >= 4 is 46.5 Å². The van der Waals surface area contributed by atoms with Gasteiger partial charge >= 0.3 is 5.97 Å². The highest BCUT2D eigenvalue weighted by Gasteiger charge is 2.29. The van der Waals surface area contributed by atoms with Gasteiger partial charge in [0.2, 0.25) is 0 Å². The lowest BCUT2D eigenvalue weighted by molar-refractivity contribution is -0.136. The number of carboxylic acids is 1. The van der Waals surface area contributed by atoms with Gasteiger partial charge in [0.15, 0.2) is 0 Å². The number of ketones is 3. The summed E-state index contributed by atoms with van der Waals surface area (Å²) in [7, 11) is 0. The number of hydrogen-bond acceptors (Lipinski definition) is 7. The highest BCUT2D eigenvalue weighted by molar-refractivity contribution is 6.52. The number of Topliss-reactive ketones (excluding diaryl/α,β-unsaturated/α-hetero) is 3. The lowest BCUT2D eigenvalue weighted by Gasteiger charge is -2.08. The van der Waals surface area contributed by atoms with Crippen molar-refractivity contribution in [3.63, 3.8) is 0 Å². The number of phenols is 1. The Morgan fingerprint density at radius 2 is 1.32 bits per heavy atom. The van der Waals surface area contributed by atoms with E-state index in [1.807, 2.05) is 32.9 Å². The number of rotatable bonds is 4. The van der Waals surface area contributed by atoms with Crippen LogP contribution in [0.25, 0.3) is 0 Å². The molecule has 0 atom stereocenters. The molecule has 41 heavy (non-hydrogen) atoms. The van der Waals surface area contributed by atoms with E-state index in [2.05, 4.69) is 10.6 Å². The molecule has 0 aromatic heterocycles. The minimum atomic E-state index is -0.992. The maximum atomic E-state index is 11.3. The van der Waals surface area contributed by atoms with Crippen molar-refractivity contribution in [2.45, 2.75) is 47.5 Å². The highest BCUT2D eigenvalue weighted by atomic mass is 16.4. The molecule has 10 nitrogen and oxygen atoms in total. The minimum Gasteiger partial charge on any atom is -0.508 e. The molecule has 0 aliphatic carbocycles. The van der Waals surface area contributed by atoms with E-state index in [1.165, 1.54) is 13.0 Å². The third-order valence-corrected chi connectivity index (χ3v) is 6.36. The number of carboxylic acid groups (broad SMARTS) is 1. The number of aryl methyl sites for hydroxylation is 4. The van der Waals surface area contributed by atoms with E-state index in [9.17, 15) is 33.9 Å². The summed E-state index contributed by atoms with van der Waals surface area (Å²) in [5.74, 6) is -2.97. The van der Waals surface area contributed by atoms with Crippen LogP contribution in [0.5, 0.6) is 5.75 Å². The Balaban J connectivity index is 0.000000171. The number of hydrogen-bond donors (Lipinski definition) is 4. The van der Waals surface area contributed by atoms with Gasteiger partial charge in [-0.3, -0.25) is 28.8 Å². The Bertz CT molecular complexity index is 1580. The van der Waals surface area contributed by atoms with Crippen LogP contribution < -0.4 is 10.6 Å². The standard InChI is InChI=1S/C12H14O4.C10H9NO2.C9H7NO2/c1-7-3-10(6-12(15)16)11(14)5-9(7)4-8(2)13;1-5-3-6(2)8-7(4-5)9(12)10(13)11-8;1-5-2-3-7-6(4-5)8(11)9(12)10-7/h3,5,14H,4,6H2,1-2H3,(H,15,16);3-4H,1-2H3,(H,11,12,13);2-4H,1H3,(H,10,11,12). The van der Waals surface area contributed by atoms with Crippen molar-refractivity contribution in [2.75, 3.05) is 10.6 Å². The summed E-state index contributed by atoms with van der Waals surface area (Å²) in [6.45, 7) is 8.94. The molecule has 10 heteroatoms. The van der Waals surface area contributed by atoms with Crippen LogP contribution in [0.3, 0.4) is 0 Å². The molecule has 0 fully saturated rings. The summed E-state index contributed by atoms with van der Waals surface area (Å²) in [6, 6.07) is 12.1. The van der Waals surface area contributed by atoms with Crippen molar-refractivity contribution < 1.29 is 39.0 Å². The Labute approximate surface area is 236 Å². The van der Waals surface area contributed by atoms with Crippen LogP contribution >= 0.6 is 0 Å². The summed E-state index contributed by atoms with van der Waals surface area (Å²) in [5, 5.41) is 23.3. The van der Waals surface area contributed by atoms with Gasteiger partial charge in [-0.1, -0.05) is 23.8 Å². The Hall–Kier alpha value is -5.12. The summed E-state index contributed by atoms with van der Waals surface area (Å²) < 4.78 is 0. The normalized spacial score (nSPS) is 12.7. The quantitative estimate of drug-likeness (QED) is 0.348. The van der Waals surface area contributed by atoms with Crippen molar-refractivity contribution in [1.82, 2.24) is 0 Å². The molecular weight excluding hydrogens is 528 g/mol. The summed E-state index contributed by atoms with van der Waals surface area (Å²) in [6.07, 6.45) is 0.0414. The number of fused-ring (bicyclic) bond motifs is 2. The molecule has 2 amide bonds. The van der Waals surface area contributed by atoms with Gasteiger partial charge < -0.3 is 20.8 Å². The first-order chi connectivity index (χ1) is 19.2. The molecule has 5 rings (SSSR count). The Kier molecular flexibility index (Phi) is 9.18. The largest absolute Gasteiger partial charge is 0.508 e. The van der Waals surface area contributed by atoms with Crippen LogP contribution in [-0.4, -0.2) is 45.3 Å². The van der Waals surface area contributed by atoms with Gasteiger partial charge in [0.25, 0.3) is 23.4 Å². The summed E-state index contributed by atoms with van der Waals surface area (Å²) in [4.78, 5) is 65.8. The van der Waals surface area contributed by atoms with E-state index in [4.69, 9.17) is 5.11 Å². The second-order valence-electron chi connectivity index (χ2n) is 9.98. The van der Waals surface area contributed by atoms with E-state index < -0.39 is 29.4 Å². The van der Waals surface area contributed by atoms with Gasteiger partial charge in [-0.15, -0.1) is 0 Å². The van der Waals surface area contributed by atoms with Gasteiger partial charge in [0.05, 0.1) is 28.9 Å². The Morgan fingerprint density at radius 3 is 1.95 bits per heavy atom. The molecule has 0 unspecified atom stereocenters. The van der Waals surface area contributed by atoms with Crippen LogP contribution in [0.4, 0.5) is 11.4 Å². The smallest absolute Gasteiger partial charge is 0.307 e. The van der Waals surface area contributed by atoms with Crippen molar-refractivity contribution in [3.8, 4) is 5.75 Å². The van der Waals surface area contributed by atoms with Crippen LogP contribution in [0.1, 0.15) is 61.0 Å². The van der Waals surface area contributed by atoms with Crippen LogP contribution in [0.15, 0.2) is 42.5 Å². The molecule has 0 bridgehead atoms. The zero-order chi connectivity index (χ0) is 30.6. The van der Waals surface area contributed by atoms with E-state index in [-0.39, 0.29) is 24.4 Å². The molecule has 2 heterocycles. The zero-order valence-corrected chi connectivity index (χ0v) is 23.3. The third-order valence-electron chi connectivity index (χ3n) is 6.36. The SMILES string of the molecule is CC(=O)Cc1cc(O)c(CC(=O)O)cc1C.Cc1cc(C)c2c(c1)C(=O)C(=O)N2.Cc1ccc2c(c1)C(=O)C(=O)N2. The van der Waals surface area contributed by atoms with Crippen LogP contribution in [0, 0.1) is 27.7 Å². The third kappa shape index (κ3) is 7.30. The predicted molar refractivity (Wildman–Crippen MR) is 152 cm³/mol. The monoisotopic (exact) mass is 558 g/mol. The molecule has 3 aromatic carbocycles. The number of nitrogens with one attached hydrogen (secondary N) is 2. The number of carbonyl (C=O) groups excluding carboxylic acids is 5. The van der Waals surface area contributed by atoms with Gasteiger partial charge in [-0.2, -0.15) is 0 Å². The first kappa shape index (κ1) is 30.4. The average molecular weight is 559 g/mol. The number of benzene rings is 3. The zero-order valence-electron chi connectivity index (χ0n) is 23.3. The number of amides is 2. The maximum Gasteiger partial charge on any atom is 0.307 e. The first-order valence-corrected chi connectivity index (χ1v) is 12.6. The summed E-state index contributed by atoms with van der Waals surface area (Å²) >= 11 is 0. The molecule has 0 saturated heterocycles. The summed E-state index contributed by atoms with van der Waals surface area (Å²) in [5.41, 5.74) is 7.13. The number of phenolic OH excluding ortho intramolecular Hbond substituents is 1. The highest BCUT2D eigenvalue weighted by Crippen LogP contribution is 2.28. The van der Waals surface area contributed by atoms with E-state index in [0.29, 0.717) is 28.1 Å². The molecule has 3 aromatic rings. The van der Waals surface area contributed by atoms with Crippen LogP contribution in [-0.2, 0) is 32.0 Å². The fourth-order valence-electron chi connectivity index (χ4n) is 4.42. The van der Waals surface area contributed by atoms with Gasteiger partial charge in [0, 0.05) is 12.0 Å². The number of carbonyl (C=O) groups is 6. The van der Waals surface area contributed by atoms with Crippen molar-refractivity contribution in [1.29, 1.82) is 0 Å². The number of aliphatic carboxylic acids is 1. The molecule has 2 aliphatic heterocycles. The average Bonchev–Trinajstić information content (AvgIpc) is 3.32. The predicted octanol–water partition coefficient (Wildman–Crippen LogP) is 4.03. The molecule has 4 N–H and O–H groups in total. The van der Waals surface area contributed by atoms with E-state index >= 15 is 0 Å². The second kappa shape index (κ2) is 12.4. The van der Waals surface area contributed by atoms with E-state index in [0.717, 1.165) is 27.8 Å². The molecular formula is C31H30N2O8. The second-order valence-corrected chi connectivity index (χ2v) is 9.98.